The summed E-state index contributed by atoms with van der Waals surface area (Å²) in [7, 11) is 0. The fraction of sp³-hybridized carbons (Fsp3) is 0.118. The molecule has 0 bridgehead atoms. The highest BCUT2D eigenvalue weighted by Crippen LogP contribution is 2.40. The molecule has 0 fully saturated rings. The van der Waals surface area contributed by atoms with Crippen LogP contribution in [0.1, 0.15) is 93.7 Å². The molecule has 22 aromatic rings. The molecule has 7 heterocycles. The highest BCUT2D eigenvalue weighted by molar-refractivity contribution is 7.27. The number of fused-ring (bicyclic) bond motifs is 14. The molecule has 628 valence electrons. The van der Waals surface area contributed by atoms with Crippen molar-refractivity contribution >= 4 is 244 Å². The summed E-state index contributed by atoms with van der Waals surface area (Å²) in [6, 6.07) is 102. The van der Waals surface area contributed by atoms with Gasteiger partial charge in [0.1, 0.15) is 11.5 Å². The third kappa shape index (κ3) is 18.7. The Hall–Kier alpha value is -12.1. The summed E-state index contributed by atoms with van der Waals surface area (Å²) in [5.74, 6) is 2.25. The van der Waals surface area contributed by atoms with E-state index in [1.165, 1.54) is 39.2 Å². The van der Waals surface area contributed by atoms with Gasteiger partial charge in [-0.3, -0.25) is 33.6 Å². The monoisotopic (exact) mass is 1830 g/mol. The highest BCUT2D eigenvalue weighted by Gasteiger charge is 2.19. The summed E-state index contributed by atoms with van der Waals surface area (Å²) in [5.41, 5.74) is 8.10. The van der Waals surface area contributed by atoms with E-state index in [1.54, 1.807) is 74.1 Å². The van der Waals surface area contributed by atoms with Crippen LogP contribution in [0, 0.1) is 6.92 Å². The second-order valence-corrected chi connectivity index (χ2v) is 39.3. The SMILES string of the molecule is CC(C)c1ccc2sc3ccccc3c(=O)c2c1.CC(C)c1cccc2c(=O)c3ccccc3sc12.CCc1cc(CC)c2sc3ccccc3c(=O)c2c1.CCc1ccc(Cl)c2c(=O)c3ccccc3sc12.Cc1ccc2sc3ccccc3c(=O)c2c1.O=c1c2ccccc2sc2c(Oc3ccccc3)ccc(Cl)c12.O=c1c2ccccc2sc2ccccc12. The molecule has 0 amide bonds. The van der Waals surface area contributed by atoms with Gasteiger partial charge >= 0.3 is 0 Å². The lowest BCUT2D eigenvalue weighted by Crippen LogP contribution is -2.03. The van der Waals surface area contributed by atoms with E-state index in [2.05, 4.69) is 78.8 Å². The minimum atomic E-state index is -0.0575. The Kier molecular flexibility index (Phi) is 27.4. The third-order valence-corrected chi connectivity index (χ3v) is 31.1. The largest absolute Gasteiger partial charge is 0.456 e. The second kappa shape index (κ2) is 39.4. The van der Waals surface area contributed by atoms with Gasteiger partial charge in [0.05, 0.1) is 25.5 Å². The Labute approximate surface area is 770 Å². The summed E-state index contributed by atoms with van der Waals surface area (Å²) in [5, 5.41) is 12.0. The molecule has 0 atom stereocenters. The van der Waals surface area contributed by atoms with Gasteiger partial charge in [0, 0.05) is 126 Å². The van der Waals surface area contributed by atoms with Crippen molar-refractivity contribution in [3.63, 3.8) is 0 Å². The summed E-state index contributed by atoms with van der Waals surface area (Å²) in [4.78, 5) is 87.2. The molecule has 0 aliphatic carbocycles. The molecule has 0 aliphatic heterocycles. The minimum absolute atomic E-state index is 0.0413. The number of ether oxygens (including phenoxy) is 1. The van der Waals surface area contributed by atoms with Crippen molar-refractivity contribution < 1.29 is 4.74 Å². The van der Waals surface area contributed by atoms with Gasteiger partial charge < -0.3 is 4.74 Å². The smallest absolute Gasteiger partial charge is 0.197 e. The van der Waals surface area contributed by atoms with Gasteiger partial charge in [0.2, 0.25) is 0 Å². The number of benzene rings is 15. The van der Waals surface area contributed by atoms with E-state index < -0.39 is 0 Å². The number of hydrogen-bond donors (Lipinski definition) is 0. The van der Waals surface area contributed by atoms with E-state index >= 15 is 0 Å². The molecule has 17 heteroatoms. The first-order valence-electron chi connectivity index (χ1n) is 41.9. The van der Waals surface area contributed by atoms with Gasteiger partial charge in [0.15, 0.2) is 38.0 Å². The number of hydrogen-bond acceptors (Lipinski definition) is 15. The van der Waals surface area contributed by atoms with Crippen molar-refractivity contribution in [2.24, 2.45) is 0 Å². The van der Waals surface area contributed by atoms with E-state index in [9.17, 15) is 33.6 Å². The van der Waals surface area contributed by atoms with Gasteiger partial charge in [-0.05, 0) is 230 Å². The maximum absolute atomic E-state index is 12.8. The van der Waals surface area contributed by atoms with E-state index in [0.717, 1.165) is 156 Å². The number of aryl methyl sites for hydroxylation is 4. The van der Waals surface area contributed by atoms with Gasteiger partial charge in [0.25, 0.3) is 0 Å². The average Bonchev–Trinajstić information content (AvgIpc) is 0.777. The zero-order valence-electron chi connectivity index (χ0n) is 70.7. The molecule has 0 saturated heterocycles. The molecular weight excluding hydrogens is 1740 g/mol. The lowest BCUT2D eigenvalue weighted by atomic mass is 10.0. The Bertz CT molecular complexity index is 8370. The van der Waals surface area contributed by atoms with Gasteiger partial charge in [-0.25, -0.2) is 0 Å². The normalized spacial score (nSPS) is 11.2. The van der Waals surface area contributed by atoms with Crippen LogP contribution >= 0.6 is 103 Å². The van der Waals surface area contributed by atoms with E-state index in [0.29, 0.717) is 43.8 Å². The highest BCUT2D eigenvalue weighted by atomic mass is 35.5. The lowest BCUT2D eigenvalue weighted by Gasteiger charge is -2.10. The molecule has 0 N–H and O–H groups in total. The first-order chi connectivity index (χ1) is 61.7. The van der Waals surface area contributed by atoms with Crippen LogP contribution < -0.4 is 42.7 Å². The summed E-state index contributed by atoms with van der Waals surface area (Å²) in [6.07, 6.45) is 2.85. The van der Waals surface area contributed by atoms with Crippen LogP contribution in [0.4, 0.5) is 0 Å². The molecule has 0 aliphatic rings. The first kappa shape index (κ1) is 88.3. The van der Waals surface area contributed by atoms with Crippen molar-refractivity contribution in [1.82, 2.24) is 0 Å². The molecule has 22 rings (SSSR count). The fourth-order valence-corrected chi connectivity index (χ4v) is 24.2. The van der Waals surface area contributed by atoms with Gasteiger partial charge in [-0.2, -0.15) is 0 Å². The van der Waals surface area contributed by atoms with Crippen LogP contribution in [-0.2, 0) is 19.3 Å². The predicted molar refractivity (Wildman–Crippen MR) is 557 cm³/mol. The van der Waals surface area contributed by atoms with E-state index in [-0.39, 0.29) is 38.0 Å². The zero-order valence-corrected chi connectivity index (χ0v) is 77.9. The van der Waals surface area contributed by atoms with Gasteiger partial charge in [-0.15, -0.1) is 79.4 Å². The number of para-hydroxylation sites is 1. The molecule has 8 nitrogen and oxygen atoms in total. The maximum atomic E-state index is 12.8. The molecule has 0 unspecified atom stereocenters. The minimum Gasteiger partial charge on any atom is -0.456 e. The van der Waals surface area contributed by atoms with Crippen LogP contribution in [0.15, 0.2) is 349 Å². The third-order valence-electron chi connectivity index (χ3n) is 22.1. The Morgan fingerprint density at radius 1 is 0.268 bits per heavy atom. The van der Waals surface area contributed by atoms with Crippen molar-refractivity contribution in [2.45, 2.75) is 86.5 Å². The standard InChI is InChI=1S/C19H11ClO2S.C17H16OS.2C16H14OS.C15H11ClOS.C14H10OS.C13H8OS/c20-14-10-11-15(22-12-6-2-1-3-7-12)19-17(14)18(21)13-8-4-5-9-16(13)23-19;1-3-11-9-12(4-2)17-14(10-11)16(18)13-7-5-6-8-15(13)19-17;1-10(2)11-7-5-8-13-15(17)12-6-3-4-9-14(12)18-16(11)13;1-10(2)11-7-8-15-13(9-11)16(17)12-5-3-4-6-14(12)18-15;1-2-9-7-8-11(16)13-14(17)10-5-3-4-6-12(10)18-15(9)13;1-9-6-7-13-11(8-9)14(15)10-4-2-3-5-12(10)16-13;14-13-9-5-1-3-7-11(9)15-12-8-4-2-6-10(12)13/h1-11H;5-10H,3-4H2,1-2H3;2*3-10H,1-2H3;3-8H,2H2,1H3;2-8H,1H3;1-8H. The zero-order chi connectivity index (χ0) is 88.7. The van der Waals surface area contributed by atoms with E-state index in [4.69, 9.17) is 27.9 Å². The van der Waals surface area contributed by atoms with Crippen LogP contribution in [0.3, 0.4) is 0 Å². The molecule has 7 aromatic heterocycles. The molecule has 0 saturated carbocycles. The summed E-state index contributed by atoms with van der Waals surface area (Å²) < 4.78 is 20.5. The van der Waals surface area contributed by atoms with Gasteiger partial charge in [-0.1, -0.05) is 229 Å². The quantitative estimate of drug-likeness (QED) is 0.144. The first-order valence-corrected chi connectivity index (χ1v) is 48.3. The Balaban J connectivity index is 0.000000109. The van der Waals surface area contributed by atoms with Crippen molar-refractivity contribution in [1.29, 1.82) is 0 Å². The Morgan fingerprint density at radius 2 is 0.622 bits per heavy atom. The van der Waals surface area contributed by atoms with Crippen LogP contribution in [-0.4, -0.2) is 0 Å². The predicted octanol–water partition coefficient (Wildman–Crippen LogP) is 31.2. The number of rotatable bonds is 7. The van der Waals surface area contributed by atoms with Crippen molar-refractivity contribution in [3.8, 4) is 11.5 Å². The number of halogens is 2. The van der Waals surface area contributed by atoms with Crippen LogP contribution in [0.5, 0.6) is 11.5 Å². The lowest BCUT2D eigenvalue weighted by molar-refractivity contribution is 0.489. The molecule has 0 spiro atoms. The fourth-order valence-electron chi connectivity index (χ4n) is 15.4. The molecule has 127 heavy (non-hydrogen) atoms. The van der Waals surface area contributed by atoms with E-state index in [1.807, 2.05) is 286 Å². The average molecular weight is 1830 g/mol. The maximum Gasteiger partial charge on any atom is 0.197 e. The van der Waals surface area contributed by atoms with Crippen molar-refractivity contribution in [2.75, 3.05) is 0 Å². The molecular formula is C110H84Cl2O8S7. The van der Waals surface area contributed by atoms with Crippen molar-refractivity contribution in [3.05, 3.63) is 430 Å². The molecule has 15 aromatic carbocycles. The Morgan fingerprint density at radius 3 is 1.07 bits per heavy atom. The van der Waals surface area contributed by atoms with Crippen LogP contribution in [0.2, 0.25) is 10.0 Å². The molecule has 0 radical (unpaired) electrons. The summed E-state index contributed by atoms with van der Waals surface area (Å²) >= 11 is 24.1. The summed E-state index contributed by atoms with van der Waals surface area (Å²) in [6.45, 7) is 17.0. The van der Waals surface area contributed by atoms with Crippen LogP contribution in [0.25, 0.3) is 141 Å². The topological polar surface area (TPSA) is 129 Å². The second-order valence-electron chi connectivity index (χ2n) is 31.0.